The first-order valence-corrected chi connectivity index (χ1v) is 8.91. The number of nitrogens with one attached hydrogen (secondary N) is 2. The molecule has 26 heavy (non-hydrogen) atoms. The van der Waals surface area contributed by atoms with Crippen LogP contribution in [-0.2, 0) is 14.3 Å². The Morgan fingerprint density at radius 2 is 1.96 bits per heavy atom. The Morgan fingerprint density at radius 1 is 1.27 bits per heavy atom. The van der Waals surface area contributed by atoms with Gasteiger partial charge in [0.05, 0.1) is 5.41 Å². The molecule has 3 N–H and O–H groups in total. The van der Waals surface area contributed by atoms with Gasteiger partial charge in [0.15, 0.2) is 0 Å². The molecule has 2 atom stereocenters. The minimum Gasteiger partial charge on any atom is -0.481 e. The number of carboxylic acid groups (broad SMARTS) is 1. The summed E-state index contributed by atoms with van der Waals surface area (Å²) in [5.74, 6) is -0.833. The Hall–Kier alpha value is -2.41. The maximum atomic E-state index is 12.4. The minimum absolute atomic E-state index is 0.0258. The third-order valence-electron chi connectivity index (χ3n) is 5.33. The zero-order chi connectivity index (χ0) is 18.7. The maximum absolute atomic E-state index is 12.4. The average Bonchev–Trinajstić information content (AvgIpc) is 3.37. The second kappa shape index (κ2) is 7.45. The first-order valence-electron chi connectivity index (χ1n) is 8.91. The van der Waals surface area contributed by atoms with Gasteiger partial charge in [0.1, 0.15) is 0 Å². The molecule has 0 bridgehead atoms. The molecule has 0 spiro atoms. The third kappa shape index (κ3) is 4.04. The molecule has 3 rings (SSSR count). The number of aliphatic carboxylic acids is 1. The number of carboxylic acids is 1. The lowest BCUT2D eigenvalue weighted by Gasteiger charge is -2.33. The van der Waals surface area contributed by atoms with E-state index in [2.05, 4.69) is 10.6 Å². The number of ether oxygens (including phenoxy) is 1. The number of benzene rings is 1. The summed E-state index contributed by atoms with van der Waals surface area (Å²) in [5, 5.41) is 15.1. The van der Waals surface area contributed by atoms with E-state index in [0.29, 0.717) is 43.2 Å². The van der Waals surface area contributed by atoms with E-state index in [1.54, 1.807) is 24.3 Å². The zero-order valence-corrected chi connectivity index (χ0v) is 14.8. The lowest BCUT2D eigenvalue weighted by atomic mass is 9.80. The van der Waals surface area contributed by atoms with Crippen molar-refractivity contribution < 1.29 is 24.2 Å². The molecule has 1 aliphatic heterocycles. The molecule has 0 radical (unpaired) electrons. The molecule has 1 aromatic carbocycles. The van der Waals surface area contributed by atoms with E-state index in [4.69, 9.17) is 4.74 Å². The first-order chi connectivity index (χ1) is 12.4. The summed E-state index contributed by atoms with van der Waals surface area (Å²) in [4.78, 5) is 36.1. The highest BCUT2D eigenvalue weighted by Gasteiger charge is 2.41. The second-order valence-corrected chi connectivity index (χ2v) is 7.27. The summed E-state index contributed by atoms with van der Waals surface area (Å²) >= 11 is 0. The van der Waals surface area contributed by atoms with Crippen molar-refractivity contribution in [2.75, 3.05) is 25.1 Å². The van der Waals surface area contributed by atoms with Crippen LogP contribution in [0.2, 0.25) is 0 Å². The van der Waals surface area contributed by atoms with E-state index in [1.807, 2.05) is 6.92 Å². The van der Waals surface area contributed by atoms with Gasteiger partial charge >= 0.3 is 5.97 Å². The Kier molecular flexibility index (Phi) is 5.27. The summed E-state index contributed by atoms with van der Waals surface area (Å²) in [5.41, 5.74) is -0.0259. The van der Waals surface area contributed by atoms with Gasteiger partial charge in [-0.15, -0.1) is 0 Å². The van der Waals surface area contributed by atoms with Crippen LogP contribution in [-0.4, -0.2) is 42.6 Å². The number of hydrogen-bond acceptors (Lipinski definition) is 4. The Labute approximate surface area is 152 Å². The molecule has 7 heteroatoms. The number of hydrogen-bond donors (Lipinski definition) is 3. The van der Waals surface area contributed by atoms with E-state index in [9.17, 15) is 19.5 Å². The highest BCUT2D eigenvalue weighted by Crippen LogP contribution is 2.38. The molecular formula is C19H24N2O5. The van der Waals surface area contributed by atoms with E-state index >= 15 is 0 Å². The number of rotatable bonds is 6. The molecule has 1 heterocycles. The van der Waals surface area contributed by atoms with Crippen LogP contribution in [0.4, 0.5) is 5.69 Å². The van der Waals surface area contributed by atoms with E-state index in [0.717, 1.165) is 6.42 Å². The van der Waals surface area contributed by atoms with Gasteiger partial charge in [0.2, 0.25) is 5.91 Å². The van der Waals surface area contributed by atoms with Crippen LogP contribution in [0, 0.1) is 17.3 Å². The quantitative estimate of drug-likeness (QED) is 0.719. The van der Waals surface area contributed by atoms with Crippen molar-refractivity contribution in [1.29, 1.82) is 0 Å². The van der Waals surface area contributed by atoms with Crippen LogP contribution in [0.5, 0.6) is 0 Å². The summed E-state index contributed by atoms with van der Waals surface area (Å²) in [6, 6.07) is 6.68. The van der Waals surface area contributed by atoms with Crippen molar-refractivity contribution in [3.63, 3.8) is 0 Å². The van der Waals surface area contributed by atoms with E-state index in [-0.39, 0.29) is 24.3 Å². The lowest BCUT2D eigenvalue weighted by molar-refractivity contribution is -0.154. The summed E-state index contributed by atoms with van der Waals surface area (Å²) in [7, 11) is 0. The fourth-order valence-corrected chi connectivity index (χ4v) is 3.24. The van der Waals surface area contributed by atoms with Crippen LogP contribution in [0.15, 0.2) is 24.3 Å². The van der Waals surface area contributed by atoms with Gasteiger partial charge in [-0.2, -0.15) is 0 Å². The Balaban J connectivity index is 1.61. The topological polar surface area (TPSA) is 105 Å². The van der Waals surface area contributed by atoms with Gasteiger partial charge in [0.25, 0.3) is 5.91 Å². The number of carbonyl (C=O) groups excluding carboxylic acids is 2. The molecular weight excluding hydrogens is 336 g/mol. The Bertz CT molecular complexity index is 712. The second-order valence-electron chi connectivity index (χ2n) is 7.27. The van der Waals surface area contributed by atoms with Crippen molar-refractivity contribution in [3.8, 4) is 0 Å². The van der Waals surface area contributed by atoms with Crippen LogP contribution in [0.25, 0.3) is 0 Å². The van der Waals surface area contributed by atoms with E-state index in [1.165, 1.54) is 0 Å². The lowest BCUT2D eigenvalue weighted by Crippen LogP contribution is -2.46. The molecule has 7 nitrogen and oxygen atoms in total. The normalized spacial score (nSPS) is 23.7. The maximum Gasteiger partial charge on any atom is 0.311 e. The van der Waals surface area contributed by atoms with Crippen LogP contribution in [0.1, 0.15) is 36.5 Å². The summed E-state index contributed by atoms with van der Waals surface area (Å²) in [6.07, 6.45) is 1.64. The number of anilines is 1. The van der Waals surface area contributed by atoms with Crippen molar-refractivity contribution >= 4 is 23.5 Å². The van der Waals surface area contributed by atoms with Gasteiger partial charge in [-0.1, -0.05) is 13.0 Å². The van der Waals surface area contributed by atoms with Crippen molar-refractivity contribution in [1.82, 2.24) is 5.32 Å². The van der Waals surface area contributed by atoms with Gasteiger partial charge in [-0.3, -0.25) is 14.4 Å². The molecule has 2 fully saturated rings. The molecule has 2 aliphatic rings. The number of amides is 2. The Morgan fingerprint density at radius 3 is 2.58 bits per heavy atom. The molecule has 2 amide bonds. The van der Waals surface area contributed by atoms with Gasteiger partial charge in [-0.25, -0.2) is 0 Å². The first kappa shape index (κ1) is 18.4. The highest BCUT2D eigenvalue weighted by atomic mass is 16.5. The molecule has 1 aliphatic carbocycles. The predicted molar refractivity (Wildman–Crippen MR) is 94.8 cm³/mol. The largest absolute Gasteiger partial charge is 0.481 e. The molecule has 140 valence electrons. The standard InChI is InChI=1S/C19H24N2O5/c1-12-9-15(12)17(23)21-14-4-2-3-13(10-14)16(22)20-11-19(18(24)25)5-7-26-8-6-19/h2-4,10,12,15H,5-9,11H2,1H3,(H,20,22)(H,21,23)(H,24,25). The summed E-state index contributed by atoms with van der Waals surface area (Å²) < 4.78 is 5.23. The van der Waals surface area contributed by atoms with E-state index < -0.39 is 11.4 Å². The predicted octanol–water partition coefficient (Wildman–Crippen LogP) is 1.89. The molecule has 1 aromatic rings. The monoisotopic (exact) mass is 360 g/mol. The zero-order valence-electron chi connectivity index (χ0n) is 14.8. The fourth-order valence-electron chi connectivity index (χ4n) is 3.24. The van der Waals surface area contributed by atoms with Crippen molar-refractivity contribution in [2.45, 2.75) is 26.2 Å². The van der Waals surface area contributed by atoms with Gasteiger partial charge in [0, 0.05) is 36.9 Å². The highest BCUT2D eigenvalue weighted by molar-refractivity contribution is 5.98. The minimum atomic E-state index is -0.984. The van der Waals surface area contributed by atoms with Crippen molar-refractivity contribution in [2.24, 2.45) is 17.3 Å². The average molecular weight is 360 g/mol. The number of carbonyl (C=O) groups is 3. The van der Waals surface area contributed by atoms with Crippen molar-refractivity contribution in [3.05, 3.63) is 29.8 Å². The SMILES string of the molecule is CC1CC1C(=O)Nc1cccc(C(=O)NCC2(C(=O)O)CCOCC2)c1. The summed E-state index contributed by atoms with van der Waals surface area (Å²) in [6.45, 7) is 2.84. The smallest absolute Gasteiger partial charge is 0.311 e. The van der Waals surface area contributed by atoms with Crippen LogP contribution >= 0.6 is 0 Å². The molecule has 1 saturated heterocycles. The molecule has 0 aromatic heterocycles. The van der Waals surface area contributed by atoms with Crippen LogP contribution < -0.4 is 10.6 Å². The van der Waals surface area contributed by atoms with Gasteiger partial charge < -0.3 is 20.5 Å². The third-order valence-corrected chi connectivity index (χ3v) is 5.33. The fraction of sp³-hybridized carbons (Fsp3) is 0.526. The molecule has 2 unspecified atom stereocenters. The van der Waals surface area contributed by atoms with Crippen LogP contribution in [0.3, 0.4) is 0 Å². The molecule has 1 saturated carbocycles. The van der Waals surface area contributed by atoms with Gasteiger partial charge in [-0.05, 0) is 43.4 Å².